The zero-order valence-electron chi connectivity index (χ0n) is 7.30. The average Bonchev–Trinajstić information content (AvgIpc) is 2.30. The maximum Gasteiger partial charge on any atom is 0.207 e. The van der Waals surface area contributed by atoms with Gasteiger partial charge in [0.15, 0.2) is 0 Å². The van der Waals surface area contributed by atoms with Crippen molar-refractivity contribution in [2.24, 2.45) is 0 Å². The minimum Gasteiger partial charge on any atom is -0.149 e. The summed E-state index contributed by atoms with van der Waals surface area (Å²) in [6, 6.07) is 0. The number of hydrogen-bond donors (Lipinski definition) is 0. The molecule has 0 amide bonds. The van der Waals surface area contributed by atoms with Crippen molar-refractivity contribution in [2.75, 3.05) is 0 Å². The van der Waals surface area contributed by atoms with Gasteiger partial charge in [0.05, 0.1) is 0 Å². The summed E-state index contributed by atoms with van der Waals surface area (Å²) in [4.78, 5) is 0. The summed E-state index contributed by atoms with van der Waals surface area (Å²) >= 11 is 8.95. The van der Waals surface area contributed by atoms with Gasteiger partial charge >= 0.3 is 0 Å². The average molecular weight is 223 g/mol. The van der Waals surface area contributed by atoms with Crippen molar-refractivity contribution in [1.29, 1.82) is 0 Å². The van der Waals surface area contributed by atoms with Crippen LogP contribution in [0.3, 0.4) is 0 Å². The molecule has 1 aromatic heterocycles. The number of rotatable bonds is 2. The molecule has 0 fully saturated rings. The Bertz CT molecular complexity index is 254. The Morgan fingerprint density at radius 3 is 2.50 bits per heavy atom. The minimum absolute atomic E-state index is 0.276. The Labute approximate surface area is 85.7 Å². The Morgan fingerprint density at radius 2 is 2.08 bits per heavy atom. The molecule has 0 unspecified atom stereocenters. The Hall–Kier alpha value is 0.200. The highest BCUT2D eigenvalue weighted by Crippen LogP contribution is 2.28. The number of nitrogens with zero attached hydrogens (tertiary/aromatic N) is 2. The molecule has 12 heavy (non-hydrogen) atoms. The topological polar surface area (TPSA) is 25.8 Å². The highest BCUT2D eigenvalue weighted by Gasteiger charge is 2.12. The van der Waals surface area contributed by atoms with E-state index in [2.05, 4.69) is 31.0 Å². The van der Waals surface area contributed by atoms with E-state index in [1.54, 1.807) is 0 Å². The van der Waals surface area contributed by atoms with E-state index in [1.807, 2.05) is 11.8 Å². The first-order chi connectivity index (χ1) is 5.47. The summed E-state index contributed by atoms with van der Waals surface area (Å²) in [6.07, 6.45) is 0. The number of hydrogen-bond acceptors (Lipinski definition) is 4. The molecular weight excluding hydrogens is 212 g/mol. The van der Waals surface area contributed by atoms with Crippen LogP contribution in [-0.4, -0.2) is 14.9 Å². The Balaban J connectivity index is 2.44. The van der Waals surface area contributed by atoms with E-state index in [-0.39, 0.29) is 4.75 Å². The van der Waals surface area contributed by atoms with Crippen LogP contribution < -0.4 is 0 Å². The van der Waals surface area contributed by atoms with Crippen LogP contribution in [0.15, 0.2) is 0 Å². The minimum atomic E-state index is 0.276. The first kappa shape index (κ1) is 10.3. The molecule has 1 heterocycles. The van der Waals surface area contributed by atoms with E-state index in [4.69, 9.17) is 11.6 Å². The number of halogens is 1. The zero-order valence-corrected chi connectivity index (χ0v) is 9.68. The molecule has 0 saturated heterocycles. The van der Waals surface area contributed by atoms with Gasteiger partial charge < -0.3 is 0 Å². The highest BCUT2D eigenvalue weighted by atomic mass is 35.5. The molecule has 0 aromatic carbocycles. The second-order valence-electron chi connectivity index (χ2n) is 3.35. The van der Waals surface area contributed by atoms with E-state index < -0.39 is 0 Å². The van der Waals surface area contributed by atoms with E-state index in [1.165, 1.54) is 11.3 Å². The lowest BCUT2D eigenvalue weighted by Gasteiger charge is -2.15. The van der Waals surface area contributed by atoms with Gasteiger partial charge in [0.2, 0.25) is 4.47 Å². The summed E-state index contributed by atoms with van der Waals surface area (Å²) in [5.41, 5.74) is 0. The standard InChI is InChI=1S/C7H11ClN2S2/c1-7(2,3)11-4-5-9-10-6(8)12-5/h4H2,1-3H3. The van der Waals surface area contributed by atoms with Gasteiger partial charge in [-0.15, -0.1) is 22.0 Å². The fourth-order valence-corrected chi connectivity index (χ4v) is 2.26. The van der Waals surface area contributed by atoms with Crippen molar-refractivity contribution >= 4 is 34.7 Å². The molecule has 0 aliphatic carbocycles. The fourth-order valence-electron chi connectivity index (χ4n) is 0.570. The van der Waals surface area contributed by atoms with E-state index in [0.29, 0.717) is 4.47 Å². The van der Waals surface area contributed by atoms with Gasteiger partial charge in [-0.05, 0) is 11.6 Å². The van der Waals surface area contributed by atoms with Gasteiger partial charge in [-0.1, -0.05) is 32.1 Å². The van der Waals surface area contributed by atoms with Gasteiger partial charge in [0, 0.05) is 10.5 Å². The maximum atomic E-state index is 5.65. The van der Waals surface area contributed by atoms with Gasteiger partial charge in [0.25, 0.3) is 0 Å². The molecule has 1 rings (SSSR count). The van der Waals surface area contributed by atoms with Crippen molar-refractivity contribution in [1.82, 2.24) is 10.2 Å². The molecule has 0 N–H and O–H groups in total. The molecule has 0 bridgehead atoms. The van der Waals surface area contributed by atoms with E-state index in [0.717, 1.165) is 10.8 Å². The predicted octanol–water partition coefficient (Wildman–Crippen LogP) is 3.22. The Kier molecular flexibility index (Phi) is 3.37. The van der Waals surface area contributed by atoms with Crippen molar-refractivity contribution in [3.05, 3.63) is 9.47 Å². The lowest BCUT2D eigenvalue weighted by Crippen LogP contribution is -2.07. The summed E-state index contributed by atoms with van der Waals surface area (Å²) in [5, 5.41) is 8.67. The second kappa shape index (κ2) is 3.94. The number of aromatic nitrogens is 2. The monoisotopic (exact) mass is 222 g/mol. The summed E-state index contributed by atoms with van der Waals surface area (Å²) in [7, 11) is 0. The maximum absolute atomic E-state index is 5.65. The van der Waals surface area contributed by atoms with Crippen LogP contribution in [0.25, 0.3) is 0 Å². The first-order valence-electron chi connectivity index (χ1n) is 3.59. The molecule has 2 nitrogen and oxygen atoms in total. The summed E-state index contributed by atoms with van der Waals surface area (Å²) < 4.78 is 0.803. The molecule has 0 aliphatic heterocycles. The smallest absolute Gasteiger partial charge is 0.149 e. The molecule has 1 aromatic rings. The zero-order chi connectivity index (χ0) is 9.19. The molecule has 0 aliphatic rings. The molecule has 5 heteroatoms. The normalized spacial score (nSPS) is 12.0. The SMILES string of the molecule is CC(C)(C)SCc1nnc(Cl)s1. The third-order valence-electron chi connectivity index (χ3n) is 1.07. The van der Waals surface area contributed by atoms with E-state index >= 15 is 0 Å². The lowest BCUT2D eigenvalue weighted by atomic mass is 10.3. The van der Waals surface area contributed by atoms with Gasteiger partial charge in [-0.2, -0.15) is 0 Å². The second-order valence-corrected chi connectivity index (χ2v) is 6.80. The quantitative estimate of drug-likeness (QED) is 0.769. The summed E-state index contributed by atoms with van der Waals surface area (Å²) in [6.45, 7) is 6.54. The summed E-state index contributed by atoms with van der Waals surface area (Å²) in [5.74, 6) is 0.897. The van der Waals surface area contributed by atoms with Crippen LogP contribution in [-0.2, 0) is 5.75 Å². The van der Waals surface area contributed by atoms with E-state index in [9.17, 15) is 0 Å². The van der Waals surface area contributed by atoms with Crippen molar-refractivity contribution in [3.63, 3.8) is 0 Å². The van der Waals surface area contributed by atoms with Crippen LogP contribution in [0.4, 0.5) is 0 Å². The predicted molar refractivity (Wildman–Crippen MR) is 56.0 cm³/mol. The largest absolute Gasteiger partial charge is 0.207 e. The van der Waals surface area contributed by atoms with Crippen LogP contribution in [0.2, 0.25) is 4.47 Å². The molecule has 0 radical (unpaired) electrons. The first-order valence-corrected chi connectivity index (χ1v) is 5.77. The Morgan fingerprint density at radius 1 is 1.42 bits per heavy atom. The molecule has 0 spiro atoms. The van der Waals surface area contributed by atoms with Crippen molar-refractivity contribution < 1.29 is 0 Å². The molecule has 0 saturated carbocycles. The van der Waals surface area contributed by atoms with Crippen LogP contribution in [0, 0.1) is 0 Å². The van der Waals surface area contributed by atoms with Gasteiger partial charge in [-0.3, -0.25) is 0 Å². The number of thioether (sulfide) groups is 1. The van der Waals surface area contributed by atoms with Crippen molar-refractivity contribution in [2.45, 2.75) is 31.3 Å². The lowest BCUT2D eigenvalue weighted by molar-refractivity contribution is 0.801. The molecular formula is C7H11ClN2S2. The van der Waals surface area contributed by atoms with Crippen LogP contribution in [0.5, 0.6) is 0 Å². The van der Waals surface area contributed by atoms with Crippen LogP contribution in [0.1, 0.15) is 25.8 Å². The highest BCUT2D eigenvalue weighted by molar-refractivity contribution is 7.99. The van der Waals surface area contributed by atoms with Gasteiger partial charge in [0.1, 0.15) is 5.01 Å². The third-order valence-corrected chi connectivity index (χ3v) is 3.56. The third kappa shape index (κ3) is 3.74. The fraction of sp³-hybridized carbons (Fsp3) is 0.714. The van der Waals surface area contributed by atoms with Crippen molar-refractivity contribution in [3.8, 4) is 0 Å². The molecule has 68 valence electrons. The van der Waals surface area contributed by atoms with Gasteiger partial charge in [-0.25, -0.2) is 0 Å². The van der Waals surface area contributed by atoms with Crippen LogP contribution >= 0.6 is 34.7 Å². The molecule has 0 atom stereocenters.